The summed E-state index contributed by atoms with van der Waals surface area (Å²) in [6, 6.07) is 8.03. The molecule has 0 fully saturated rings. The van der Waals surface area contributed by atoms with Crippen molar-refractivity contribution in [3.05, 3.63) is 44.8 Å². The fourth-order valence-electron chi connectivity index (χ4n) is 1.74. The van der Waals surface area contributed by atoms with E-state index < -0.39 is 5.97 Å². The first-order chi connectivity index (χ1) is 8.61. The van der Waals surface area contributed by atoms with Gasteiger partial charge in [-0.2, -0.15) is 0 Å². The highest BCUT2D eigenvalue weighted by Crippen LogP contribution is 2.11. The van der Waals surface area contributed by atoms with Crippen molar-refractivity contribution in [1.29, 1.82) is 0 Å². The number of halogens is 1. The zero-order chi connectivity index (χ0) is 13.1. The van der Waals surface area contributed by atoms with Crippen molar-refractivity contribution < 1.29 is 9.90 Å². The Morgan fingerprint density at radius 2 is 2.06 bits per heavy atom. The van der Waals surface area contributed by atoms with Crippen molar-refractivity contribution in [2.75, 3.05) is 0 Å². The third-order valence-corrected chi connectivity index (χ3v) is 3.34. The maximum atomic E-state index is 11.0. The summed E-state index contributed by atoms with van der Waals surface area (Å²) in [5.41, 5.74) is 1.77. The molecule has 0 saturated carbocycles. The van der Waals surface area contributed by atoms with Crippen molar-refractivity contribution in [3.8, 4) is 0 Å². The van der Waals surface area contributed by atoms with Gasteiger partial charge in [-0.15, -0.1) is 5.10 Å². The quantitative estimate of drug-likeness (QED) is 0.852. The third-order valence-electron chi connectivity index (χ3n) is 2.62. The molecular formula is C12H12IN3O2. The lowest BCUT2D eigenvalue weighted by atomic mass is 10.2. The van der Waals surface area contributed by atoms with Crippen LogP contribution in [0, 0.1) is 3.57 Å². The Morgan fingerprint density at radius 3 is 2.61 bits per heavy atom. The molecule has 5 nitrogen and oxygen atoms in total. The molecule has 0 bridgehead atoms. The van der Waals surface area contributed by atoms with E-state index in [1.54, 1.807) is 4.68 Å². The van der Waals surface area contributed by atoms with Gasteiger partial charge in [0.15, 0.2) is 5.69 Å². The van der Waals surface area contributed by atoms with Gasteiger partial charge >= 0.3 is 5.97 Å². The van der Waals surface area contributed by atoms with Crippen LogP contribution in [-0.2, 0) is 13.0 Å². The molecule has 0 aliphatic rings. The number of carboxylic acids is 1. The zero-order valence-electron chi connectivity index (χ0n) is 9.80. The molecule has 0 aliphatic carbocycles. The predicted octanol–water partition coefficient (Wildman–Crippen LogP) is 2.19. The summed E-state index contributed by atoms with van der Waals surface area (Å²) in [5.74, 6) is -1.03. The molecule has 0 atom stereocenters. The highest BCUT2D eigenvalue weighted by molar-refractivity contribution is 14.1. The van der Waals surface area contributed by atoms with Crippen molar-refractivity contribution in [3.63, 3.8) is 0 Å². The lowest BCUT2D eigenvalue weighted by Crippen LogP contribution is -2.08. The van der Waals surface area contributed by atoms with Crippen LogP contribution >= 0.6 is 22.6 Å². The van der Waals surface area contributed by atoms with Crippen LogP contribution in [0.15, 0.2) is 24.3 Å². The van der Waals surface area contributed by atoms with Crippen LogP contribution in [0.25, 0.3) is 0 Å². The first kappa shape index (κ1) is 13.0. The second kappa shape index (κ2) is 5.47. The van der Waals surface area contributed by atoms with Gasteiger partial charge < -0.3 is 5.11 Å². The van der Waals surface area contributed by atoms with Crippen molar-refractivity contribution in [2.45, 2.75) is 19.9 Å². The Labute approximate surface area is 118 Å². The number of benzene rings is 1. The van der Waals surface area contributed by atoms with Gasteiger partial charge in [0.2, 0.25) is 0 Å². The minimum absolute atomic E-state index is 0.0445. The standard InChI is InChI=1S/C12H12IN3O2/c1-2-10-11(12(17)18)14-15-16(10)7-8-3-5-9(13)6-4-8/h3-6H,2,7H2,1H3,(H,17,18). The summed E-state index contributed by atoms with van der Waals surface area (Å²) in [6.07, 6.45) is 0.596. The van der Waals surface area contributed by atoms with E-state index in [9.17, 15) is 4.79 Å². The first-order valence-electron chi connectivity index (χ1n) is 5.52. The molecule has 2 rings (SSSR count). The number of hydrogen-bond donors (Lipinski definition) is 1. The largest absolute Gasteiger partial charge is 0.476 e. The summed E-state index contributed by atoms with van der Waals surface area (Å²) in [6.45, 7) is 2.44. The minimum atomic E-state index is -1.03. The van der Waals surface area contributed by atoms with Crippen LogP contribution in [0.3, 0.4) is 0 Å². The number of carbonyl (C=O) groups is 1. The van der Waals surface area contributed by atoms with E-state index in [0.29, 0.717) is 18.7 Å². The van der Waals surface area contributed by atoms with Gasteiger partial charge in [0, 0.05) is 3.57 Å². The van der Waals surface area contributed by atoms with E-state index in [-0.39, 0.29) is 5.69 Å². The Hall–Kier alpha value is -1.44. The fraction of sp³-hybridized carbons (Fsp3) is 0.250. The van der Waals surface area contributed by atoms with Crippen LogP contribution in [0.5, 0.6) is 0 Å². The van der Waals surface area contributed by atoms with Crippen LogP contribution in [-0.4, -0.2) is 26.1 Å². The Morgan fingerprint density at radius 1 is 1.39 bits per heavy atom. The van der Waals surface area contributed by atoms with Gasteiger partial charge in [-0.3, -0.25) is 0 Å². The molecule has 2 aromatic rings. The van der Waals surface area contributed by atoms with Gasteiger partial charge in [-0.25, -0.2) is 9.48 Å². The molecule has 94 valence electrons. The molecule has 18 heavy (non-hydrogen) atoms. The summed E-state index contributed by atoms with van der Waals surface area (Å²) in [5, 5.41) is 16.6. The molecule has 0 saturated heterocycles. The molecule has 6 heteroatoms. The Balaban J connectivity index is 2.29. The SMILES string of the molecule is CCc1c(C(=O)O)nnn1Cc1ccc(I)cc1. The van der Waals surface area contributed by atoms with Gasteiger partial charge in [-0.1, -0.05) is 24.3 Å². The molecular weight excluding hydrogens is 345 g/mol. The molecule has 0 aliphatic heterocycles. The second-order valence-corrected chi connectivity index (χ2v) is 5.07. The van der Waals surface area contributed by atoms with Crippen LogP contribution in [0.1, 0.15) is 28.7 Å². The normalized spacial score (nSPS) is 10.6. The molecule has 1 N–H and O–H groups in total. The number of hydrogen-bond acceptors (Lipinski definition) is 3. The monoisotopic (exact) mass is 357 g/mol. The first-order valence-corrected chi connectivity index (χ1v) is 6.59. The molecule has 0 spiro atoms. The van der Waals surface area contributed by atoms with Gasteiger partial charge in [0.1, 0.15) is 0 Å². The third kappa shape index (κ3) is 2.69. The van der Waals surface area contributed by atoms with E-state index in [0.717, 1.165) is 9.13 Å². The van der Waals surface area contributed by atoms with Crippen LogP contribution in [0.4, 0.5) is 0 Å². The summed E-state index contributed by atoms with van der Waals surface area (Å²) in [7, 11) is 0. The molecule has 0 unspecified atom stereocenters. The van der Waals surface area contributed by atoms with E-state index in [2.05, 4.69) is 32.9 Å². The van der Waals surface area contributed by atoms with Gasteiger partial charge in [0.25, 0.3) is 0 Å². The molecule has 1 heterocycles. The van der Waals surface area contributed by atoms with Crippen molar-refractivity contribution in [2.24, 2.45) is 0 Å². The van der Waals surface area contributed by atoms with E-state index >= 15 is 0 Å². The maximum Gasteiger partial charge on any atom is 0.358 e. The topological polar surface area (TPSA) is 68.0 Å². The maximum absolute atomic E-state index is 11.0. The number of rotatable bonds is 4. The molecule has 1 aromatic carbocycles. The number of carboxylic acid groups (broad SMARTS) is 1. The highest BCUT2D eigenvalue weighted by Gasteiger charge is 2.17. The van der Waals surface area contributed by atoms with E-state index in [1.165, 1.54) is 0 Å². The van der Waals surface area contributed by atoms with Crippen LogP contribution < -0.4 is 0 Å². The molecule has 1 aromatic heterocycles. The Kier molecular flexibility index (Phi) is 3.95. The lowest BCUT2D eigenvalue weighted by molar-refractivity contribution is 0.0689. The van der Waals surface area contributed by atoms with E-state index in [4.69, 9.17) is 5.11 Å². The average Bonchev–Trinajstić information content (AvgIpc) is 2.75. The summed E-state index contributed by atoms with van der Waals surface area (Å²) >= 11 is 2.24. The smallest absolute Gasteiger partial charge is 0.358 e. The van der Waals surface area contributed by atoms with E-state index in [1.807, 2.05) is 31.2 Å². The Bertz CT molecular complexity index is 563. The molecule has 0 radical (unpaired) electrons. The van der Waals surface area contributed by atoms with Crippen LogP contribution in [0.2, 0.25) is 0 Å². The average molecular weight is 357 g/mol. The fourth-order valence-corrected chi connectivity index (χ4v) is 2.10. The molecule has 0 amide bonds. The highest BCUT2D eigenvalue weighted by atomic mass is 127. The number of aromatic carboxylic acids is 1. The zero-order valence-corrected chi connectivity index (χ0v) is 12.0. The predicted molar refractivity (Wildman–Crippen MR) is 74.6 cm³/mol. The minimum Gasteiger partial charge on any atom is -0.476 e. The number of aromatic nitrogens is 3. The van der Waals surface area contributed by atoms with Gasteiger partial charge in [-0.05, 0) is 46.7 Å². The second-order valence-electron chi connectivity index (χ2n) is 3.83. The number of nitrogens with zero attached hydrogens (tertiary/aromatic N) is 3. The summed E-state index contributed by atoms with van der Waals surface area (Å²) in [4.78, 5) is 11.0. The van der Waals surface area contributed by atoms with Gasteiger partial charge in [0.05, 0.1) is 12.2 Å². The van der Waals surface area contributed by atoms with Crippen molar-refractivity contribution in [1.82, 2.24) is 15.0 Å². The van der Waals surface area contributed by atoms with Crippen molar-refractivity contribution >= 4 is 28.6 Å². The lowest BCUT2D eigenvalue weighted by Gasteiger charge is -2.05. The summed E-state index contributed by atoms with van der Waals surface area (Å²) < 4.78 is 2.81.